The van der Waals surface area contributed by atoms with Crippen LogP contribution in [0.4, 0.5) is 0 Å². The molecule has 0 saturated carbocycles. The van der Waals surface area contributed by atoms with Crippen molar-refractivity contribution in [1.29, 1.82) is 0 Å². The number of allylic oxidation sites excluding steroid dienone is 4. The topological polar surface area (TPSA) is 17.1 Å². The Morgan fingerprint density at radius 1 is 1.25 bits per heavy atom. The average Bonchev–Trinajstić information content (AvgIpc) is 2.07. The Hall–Kier alpha value is -0.850. The lowest BCUT2D eigenvalue weighted by Gasteiger charge is -1.74. The van der Waals surface area contributed by atoms with E-state index in [0.29, 0.717) is 6.42 Å². The Kier molecular flexibility index (Phi) is 14.6. The lowest BCUT2D eigenvalue weighted by atomic mass is 10.3. The molecule has 0 atom stereocenters. The molecule has 1 heteroatoms. The van der Waals surface area contributed by atoms with Gasteiger partial charge in [-0.2, -0.15) is 0 Å². The lowest BCUT2D eigenvalue weighted by molar-refractivity contribution is -0.107. The Morgan fingerprint density at radius 3 is 2.00 bits per heavy atom. The first-order valence-electron chi connectivity index (χ1n) is 4.37. The van der Waals surface area contributed by atoms with Crippen LogP contribution in [0.5, 0.6) is 0 Å². The fourth-order valence-electron chi connectivity index (χ4n) is 0.318. The number of aldehydes is 1. The van der Waals surface area contributed by atoms with Gasteiger partial charge >= 0.3 is 0 Å². The number of rotatable bonds is 3. The quantitative estimate of drug-likeness (QED) is 0.465. The van der Waals surface area contributed by atoms with Crippen LogP contribution in [0.25, 0.3) is 0 Å². The number of hydrogen-bond donors (Lipinski definition) is 0. The second kappa shape index (κ2) is 12.8. The van der Waals surface area contributed by atoms with E-state index in [4.69, 9.17) is 0 Å². The maximum absolute atomic E-state index is 9.63. The van der Waals surface area contributed by atoms with Gasteiger partial charge in [-0.3, -0.25) is 0 Å². The summed E-state index contributed by atoms with van der Waals surface area (Å²) in [5, 5.41) is 0. The Balaban J connectivity index is 0. The van der Waals surface area contributed by atoms with Gasteiger partial charge in [0, 0.05) is 6.42 Å². The van der Waals surface area contributed by atoms with Crippen molar-refractivity contribution < 1.29 is 4.79 Å². The van der Waals surface area contributed by atoms with Gasteiger partial charge < -0.3 is 4.79 Å². The monoisotopic (exact) mass is 168 g/mol. The van der Waals surface area contributed by atoms with E-state index >= 15 is 0 Å². The number of hydrogen-bond acceptors (Lipinski definition) is 1. The predicted octanol–water partition coefficient (Wildman–Crippen LogP) is 3.51. The minimum absolute atomic E-state index is 0.563. The van der Waals surface area contributed by atoms with Crippen LogP contribution in [0.1, 0.15) is 40.5 Å². The lowest BCUT2D eigenvalue weighted by Crippen LogP contribution is -1.63. The maximum atomic E-state index is 9.63. The summed E-state index contributed by atoms with van der Waals surface area (Å²) in [6.45, 7) is 8.25. The van der Waals surface area contributed by atoms with Gasteiger partial charge in [0.05, 0.1) is 0 Å². The molecule has 12 heavy (non-hydrogen) atoms. The third kappa shape index (κ3) is 22.9. The third-order valence-electron chi connectivity index (χ3n) is 1.21. The maximum Gasteiger partial charge on any atom is 0.123 e. The van der Waals surface area contributed by atoms with Gasteiger partial charge in [0.2, 0.25) is 0 Å². The molecule has 0 aliphatic heterocycles. The molecule has 0 amide bonds. The van der Waals surface area contributed by atoms with Crippen molar-refractivity contribution in [1.82, 2.24) is 0 Å². The van der Waals surface area contributed by atoms with E-state index in [1.165, 1.54) is 5.57 Å². The van der Waals surface area contributed by atoms with Gasteiger partial charge in [-0.05, 0) is 27.2 Å². The molecule has 0 N–H and O–H groups in total. The zero-order valence-electron chi connectivity index (χ0n) is 8.63. The highest BCUT2D eigenvalue weighted by Gasteiger charge is 1.67. The Labute approximate surface area is 76.2 Å². The van der Waals surface area contributed by atoms with Crippen LogP contribution in [-0.2, 0) is 4.79 Å². The van der Waals surface area contributed by atoms with Gasteiger partial charge in [0.25, 0.3) is 0 Å². The molecule has 0 fully saturated rings. The fourth-order valence-corrected chi connectivity index (χ4v) is 0.318. The Bertz CT molecular complexity index is 139. The van der Waals surface area contributed by atoms with E-state index in [1.54, 1.807) is 0 Å². The van der Waals surface area contributed by atoms with Crippen LogP contribution in [0, 0.1) is 0 Å². The third-order valence-corrected chi connectivity index (χ3v) is 1.21. The summed E-state index contributed by atoms with van der Waals surface area (Å²) in [7, 11) is 0. The first-order valence-corrected chi connectivity index (χ1v) is 4.37. The molecule has 0 unspecified atom stereocenters. The summed E-state index contributed by atoms with van der Waals surface area (Å²) >= 11 is 0. The molecule has 1 nitrogen and oxygen atoms in total. The summed E-state index contributed by atoms with van der Waals surface area (Å²) in [6.07, 6.45) is 8.41. The van der Waals surface area contributed by atoms with Gasteiger partial charge in [-0.1, -0.05) is 30.7 Å². The molecule has 0 saturated heterocycles. The van der Waals surface area contributed by atoms with Crippen molar-refractivity contribution in [2.24, 2.45) is 0 Å². The van der Waals surface area contributed by atoms with E-state index in [0.717, 1.165) is 12.7 Å². The van der Waals surface area contributed by atoms with Crippen molar-refractivity contribution in [3.63, 3.8) is 0 Å². The van der Waals surface area contributed by atoms with Crippen molar-refractivity contribution in [2.45, 2.75) is 40.5 Å². The average molecular weight is 168 g/mol. The van der Waals surface area contributed by atoms with Crippen molar-refractivity contribution in [3.05, 3.63) is 23.8 Å². The van der Waals surface area contributed by atoms with Crippen molar-refractivity contribution in [3.8, 4) is 0 Å². The minimum atomic E-state index is 0.563. The van der Waals surface area contributed by atoms with E-state index in [1.807, 2.05) is 26.0 Å². The van der Waals surface area contributed by atoms with Gasteiger partial charge in [-0.25, -0.2) is 0 Å². The van der Waals surface area contributed by atoms with E-state index < -0.39 is 0 Å². The molecular weight excluding hydrogens is 148 g/mol. The van der Waals surface area contributed by atoms with E-state index in [2.05, 4.69) is 19.9 Å². The highest BCUT2D eigenvalue weighted by Crippen LogP contribution is 1.82. The minimum Gasteiger partial charge on any atom is -0.303 e. The molecule has 0 aromatic heterocycles. The molecular formula is C11H20O. The number of carbonyl (C=O) groups is 1. The van der Waals surface area contributed by atoms with E-state index in [-0.39, 0.29) is 0 Å². The summed E-state index contributed by atoms with van der Waals surface area (Å²) in [5.41, 5.74) is 1.38. The molecule has 0 spiro atoms. The summed E-state index contributed by atoms with van der Waals surface area (Å²) in [5.74, 6) is 0. The molecule has 0 aromatic rings. The van der Waals surface area contributed by atoms with Gasteiger partial charge in [0.15, 0.2) is 0 Å². The second-order valence-corrected chi connectivity index (χ2v) is 2.65. The fraction of sp³-hybridized carbons (Fsp3) is 0.545. The predicted molar refractivity (Wildman–Crippen MR) is 55.2 cm³/mol. The molecule has 0 aliphatic carbocycles. The standard InChI is InChI=1S/C6H10O.C5H10/c1-2-3-4-5-6-7;1-4-5(2)3/h3-4,6H,2,5H2,1H3;4H,1-3H3/b4-3+;. The molecule has 70 valence electrons. The summed E-state index contributed by atoms with van der Waals surface area (Å²) in [4.78, 5) is 9.63. The highest BCUT2D eigenvalue weighted by atomic mass is 16.1. The molecule has 0 radical (unpaired) electrons. The van der Waals surface area contributed by atoms with Crippen LogP contribution in [0.15, 0.2) is 23.8 Å². The molecule has 0 bridgehead atoms. The first kappa shape index (κ1) is 13.7. The summed E-state index contributed by atoms with van der Waals surface area (Å²) < 4.78 is 0. The van der Waals surface area contributed by atoms with Crippen LogP contribution < -0.4 is 0 Å². The molecule has 0 heterocycles. The first-order chi connectivity index (χ1) is 5.68. The van der Waals surface area contributed by atoms with Gasteiger partial charge in [-0.15, -0.1) is 0 Å². The van der Waals surface area contributed by atoms with E-state index in [9.17, 15) is 4.79 Å². The zero-order valence-corrected chi connectivity index (χ0v) is 8.63. The van der Waals surface area contributed by atoms with Gasteiger partial charge in [0.1, 0.15) is 6.29 Å². The van der Waals surface area contributed by atoms with Crippen LogP contribution in [0.3, 0.4) is 0 Å². The highest BCUT2D eigenvalue weighted by molar-refractivity contribution is 5.51. The zero-order chi connectivity index (χ0) is 9.82. The molecule has 0 aromatic carbocycles. The Morgan fingerprint density at radius 2 is 1.75 bits per heavy atom. The largest absolute Gasteiger partial charge is 0.303 e. The van der Waals surface area contributed by atoms with Crippen molar-refractivity contribution in [2.75, 3.05) is 0 Å². The van der Waals surface area contributed by atoms with Crippen LogP contribution in [-0.4, -0.2) is 6.29 Å². The molecule has 0 rings (SSSR count). The van der Waals surface area contributed by atoms with Crippen molar-refractivity contribution >= 4 is 6.29 Å². The summed E-state index contributed by atoms with van der Waals surface area (Å²) in [6, 6.07) is 0. The second-order valence-electron chi connectivity index (χ2n) is 2.65. The van der Waals surface area contributed by atoms with Crippen LogP contribution >= 0.6 is 0 Å². The normalized spacial score (nSPS) is 8.67. The molecule has 0 aliphatic rings. The van der Waals surface area contributed by atoms with Crippen LogP contribution in [0.2, 0.25) is 0 Å². The number of carbonyl (C=O) groups excluding carboxylic acids is 1. The SMILES string of the molecule is CC/C=C/CC=O.CC=C(C)C. The smallest absolute Gasteiger partial charge is 0.123 e.